The Morgan fingerprint density at radius 3 is 2.35 bits per heavy atom. The van der Waals surface area contributed by atoms with Crippen LogP contribution in [0.25, 0.3) is 22.4 Å². The van der Waals surface area contributed by atoms with Crippen molar-refractivity contribution in [3.63, 3.8) is 0 Å². The number of fused-ring (bicyclic) bond motifs is 1. The maximum absolute atomic E-state index is 12.5. The van der Waals surface area contributed by atoms with Crippen LogP contribution in [0.15, 0.2) is 48.5 Å². The summed E-state index contributed by atoms with van der Waals surface area (Å²) in [5.41, 5.74) is 3.14. The van der Waals surface area contributed by atoms with Gasteiger partial charge in [0.15, 0.2) is 0 Å². The monoisotopic (exact) mass is 516 g/mol. The molecule has 1 amide bonds. The van der Waals surface area contributed by atoms with E-state index in [1.54, 1.807) is 24.3 Å². The highest BCUT2D eigenvalue weighted by molar-refractivity contribution is 6.36. The molecule has 0 bridgehead atoms. The first-order valence-corrected chi connectivity index (χ1v) is 11.9. The quantitative estimate of drug-likeness (QED) is 0.367. The van der Waals surface area contributed by atoms with Crippen molar-refractivity contribution < 1.29 is 14.3 Å². The Hall–Kier alpha value is -2.60. The zero-order valence-electron chi connectivity index (χ0n) is 18.9. The third kappa shape index (κ3) is 5.38. The van der Waals surface area contributed by atoms with E-state index < -0.39 is 5.60 Å². The van der Waals surface area contributed by atoms with E-state index in [-0.39, 0.29) is 24.2 Å². The molecular weight excluding hydrogens is 495 g/mol. The molecule has 5 nitrogen and oxygen atoms in total. The molecule has 2 aromatic carbocycles. The molecule has 1 N–H and O–H groups in total. The van der Waals surface area contributed by atoms with E-state index >= 15 is 0 Å². The van der Waals surface area contributed by atoms with Crippen molar-refractivity contribution in [2.45, 2.75) is 45.3 Å². The van der Waals surface area contributed by atoms with Crippen molar-refractivity contribution in [3.05, 3.63) is 69.2 Å². The summed E-state index contributed by atoms with van der Waals surface area (Å²) in [4.78, 5) is 28.8. The lowest BCUT2D eigenvalue weighted by Gasteiger charge is -2.37. The van der Waals surface area contributed by atoms with Gasteiger partial charge < -0.3 is 10.1 Å². The zero-order chi connectivity index (χ0) is 24.6. The Morgan fingerprint density at radius 2 is 1.71 bits per heavy atom. The van der Waals surface area contributed by atoms with Crippen LogP contribution < -0.4 is 10.1 Å². The van der Waals surface area contributed by atoms with Crippen LogP contribution >= 0.6 is 34.8 Å². The van der Waals surface area contributed by atoms with Gasteiger partial charge in [-0.3, -0.25) is 9.59 Å². The van der Waals surface area contributed by atoms with Crippen molar-refractivity contribution in [1.29, 1.82) is 0 Å². The number of rotatable bonds is 5. The van der Waals surface area contributed by atoms with Crippen LogP contribution in [0.2, 0.25) is 15.1 Å². The van der Waals surface area contributed by atoms with E-state index in [1.165, 1.54) is 6.92 Å². The normalized spacial score (nSPS) is 16.4. The first kappa shape index (κ1) is 24.5. The Morgan fingerprint density at radius 1 is 1.03 bits per heavy atom. The second-order valence-electron chi connectivity index (χ2n) is 8.97. The van der Waals surface area contributed by atoms with Crippen molar-refractivity contribution in [2.24, 2.45) is 0 Å². The number of halogens is 3. The lowest BCUT2D eigenvalue weighted by Crippen LogP contribution is -2.42. The minimum atomic E-state index is -0.586. The largest absolute Gasteiger partial charge is 0.471 e. The predicted octanol–water partition coefficient (Wildman–Crippen LogP) is 7.07. The first-order valence-electron chi connectivity index (χ1n) is 10.8. The van der Waals surface area contributed by atoms with Gasteiger partial charge in [-0.25, -0.2) is 4.98 Å². The van der Waals surface area contributed by atoms with E-state index in [0.717, 1.165) is 16.7 Å². The SMILES string of the molecule is CC(=O)CC(=O)NC1CC(C)(C)Oc2nc(-c3ccc(Cl)cc3Cl)c(-c3ccc(Cl)cc3)cc21. The molecule has 0 spiro atoms. The molecule has 4 rings (SSSR count). The maximum atomic E-state index is 12.5. The van der Waals surface area contributed by atoms with Gasteiger partial charge in [0, 0.05) is 33.2 Å². The number of pyridine rings is 1. The summed E-state index contributed by atoms with van der Waals surface area (Å²) in [7, 11) is 0. The Balaban J connectivity index is 1.90. The number of Topliss-reactive ketones (excluding diaryl/α,β-unsaturated/α-hetero) is 1. The molecule has 0 fully saturated rings. The van der Waals surface area contributed by atoms with Crippen molar-refractivity contribution in [3.8, 4) is 28.3 Å². The number of carbonyl (C=O) groups excluding carboxylic acids is 2. The molecule has 0 radical (unpaired) electrons. The number of benzene rings is 2. The van der Waals surface area contributed by atoms with Crippen LogP contribution in [0.3, 0.4) is 0 Å². The molecule has 1 unspecified atom stereocenters. The van der Waals surface area contributed by atoms with Gasteiger partial charge >= 0.3 is 0 Å². The Bertz CT molecular complexity index is 1270. The molecule has 2 heterocycles. The third-order valence-electron chi connectivity index (χ3n) is 5.55. The molecule has 1 aliphatic heterocycles. The molecule has 1 aliphatic rings. The molecule has 34 heavy (non-hydrogen) atoms. The summed E-state index contributed by atoms with van der Waals surface area (Å²) in [6.45, 7) is 5.26. The molecular formula is C26H23Cl3N2O3. The number of nitrogens with one attached hydrogen (secondary N) is 1. The second-order valence-corrected chi connectivity index (χ2v) is 10.3. The van der Waals surface area contributed by atoms with Crippen LogP contribution in [-0.4, -0.2) is 22.3 Å². The Kier molecular flexibility index (Phi) is 6.90. The average molecular weight is 518 g/mol. The van der Waals surface area contributed by atoms with Crippen molar-refractivity contribution >= 4 is 46.5 Å². The number of ether oxygens (including phenoxy) is 1. The predicted molar refractivity (Wildman–Crippen MR) is 136 cm³/mol. The number of aromatic nitrogens is 1. The summed E-state index contributed by atoms with van der Waals surface area (Å²) in [6, 6.07) is 14.2. The van der Waals surface area contributed by atoms with Gasteiger partial charge in [0.2, 0.25) is 11.8 Å². The molecule has 8 heteroatoms. The number of amides is 1. The summed E-state index contributed by atoms with van der Waals surface area (Å²) in [6.07, 6.45) is 0.343. The molecule has 1 aromatic heterocycles. The molecule has 0 aliphatic carbocycles. The highest BCUT2D eigenvalue weighted by Crippen LogP contribution is 2.44. The fraction of sp³-hybridized carbons (Fsp3) is 0.269. The fourth-order valence-electron chi connectivity index (χ4n) is 4.08. The summed E-state index contributed by atoms with van der Waals surface area (Å²) < 4.78 is 6.23. The fourth-order valence-corrected chi connectivity index (χ4v) is 4.71. The van der Waals surface area contributed by atoms with Crippen LogP contribution in [-0.2, 0) is 9.59 Å². The highest BCUT2D eigenvalue weighted by Gasteiger charge is 2.37. The van der Waals surface area contributed by atoms with E-state index in [1.807, 2.05) is 38.1 Å². The number of ketones is 1. The molecule has 0 saturated carbocycles. The van der Waals surface area contributed by atoms with Gasteiger partial charge in [0.1, 0.15) is 11.4 Å². The van der Waals surface area contributed by atoms with Crippen LogP contribution in [0.1, 0.15) is 45.2 Å². The number of hydrogen-bond donors (Lipinski definition) is 1. The number of hydrogen-bond acceptors (Lipinski definition) is 4. The van der Waals surface area contributed by atoms with Crippen LogP contribution in [0.5, 0.6) is 5.88 Å². The van der Waals surface area contributed by atoms with E-state index in [9.17, 15) is 9.59 Å². The van der Waals surface area contributed by atoms with Crippen molar-refractivity contribution in [2.75, 3.05) is 0 Å². The maximum Gasteiger partial charge on any atom is 0.227 e. The van der Waals surface area contributed by atoms with Gasteiger partial charge in [0.05, 0.1) is 23.2 Å². The molecule has 1 atom stereocenters. The molecule has 3 aromatic rings. The van der Waals surface area contributed by atoms with E-state index in [0.29, 0.717) is 38.6 Å². The molecule has 176 valence electrons. The lowest BCUT2D eigenvalue weighted by atomic mass is 9.88. The van der Waals surface area contributed by atoms with E-state index in [4.69, 9.17) is 44.5 Å². The number of carbonyl (C=O) groups is 2. The summed E-state index contributed by atoms with van der Waals surface area (Å²) in [5.74, 6) is -0.126. The first-order chi connectivity index (χ1) is 16.0. The van der Waals surface area contributed by atoms with Gasteiger partial charge in [0.25, 0.3) is 0 Å². The smallest absolute Gasteiger partial charge is 0.227 e. The lowest BCUT2D eigenvalue weighted by molar-refractivity contribution is -0.128. The summed E-state index contributed by atoms with van der Waals surface area (Å²) in [5, 5.41) is 4.57. The second kappa shape index (κ2) is 9.57. The van der Waals surface area contributed by atoms with Gasteiger partial charge in [-0.15, -0.1) is 0 Å². The Labute approximate surface area is 213 Å². The minimum Gasteiger partial charge on any atom is -0.471 e. The minimum absolute atomic E-state index is 0.178. The van der Waals surface area contributed by atoms with Gasteiger partial charge in [-0.1, -0.05) is 46.9 Å². The third-order valence-corrected chi connectivity index (χ3v) is 6.35. The zero-order valence-corrected chi connectivity index (χ0v) is 21.2. The van der Waals surface area contributed by atoms with E-state index in [2.05, 4.69) is 5.32 Å². The van der Waals surface area contributed by atoms with Crippen LogP contribution in [0, 0.1) is 0 Å². The molecule has 0 saturated heterocycles. The van der Waals surface area contributed by atoms with Gasteiger partial charge in [-0.2, -0.15) is 0 Å². The van der Waals surface area contributed by atoms with Gasteiger partial charge in [-0.05, 0) is 62.7 Å². The van der Waals surface area contributed by atoms with Crippen molar-refractivity contribution in [1.82, 2.24) is 10.3 Å². The van der Waals surface area contributed by atoms with Crippen LogP contribution in [0.4, 0.5) is 0 Å². The topological polar surface area (TPSA) is 68.3 Å². The standard InChI is InChI=1S/C26H23Cl3N2O3/c1-14(32)10-23(33)30-22-13-26(2,3)34-25-20(22)12-19(15-4-6-16(27)7-5-15)24(31-25)18-9-8-17(28)11-21(18)29/h4-9,11-12,22H,10,13H2,1-3H3,(H,30,33). The average Bonchev–Trinajstić information content (AvgIpc) is 2.72. The highest BCUT2D eigenvalue weighted by atomic mass is 35.5. The number of nitrogens with zero attached hydrogens (tertiary/aromatic N) is 1. The summed E-state index contributed by atoms with van der Waals surface area (Å²) >= 11 is 18.8.